The smallest absolute Gasteiger partial charge is 0.324 e. The number of ether oxygens (including phenoxy) is 1. The van der Waals surface area contributed by atoms with Gasteiger partial charge in [0.05, 0.1) is 11.5 Å². The molecule has 0 aliphatic carbocycles. The van der Waals surface area contributed by atoms with Gasteiger partial charge in [-0.3, -0.25) is 4.79 Å². The van der Waals surface area contributed by atoms with Gasteiger partial charge in [-0.05, 0) is 22.9 Å². The fraction of sp³-hybridized carbons (Fsp3) is 0.214. The highest BCUT2D eigenvalue weighted by molar-refractivity contribution is 7.92. The summed E-state index contributed by atoms with van der Waals surface area (Å²) in [6.07, 6.45) is 0.230. The summed E-state index contributed by atoms with van der Waals surface area (Å²) in [5.74, 6) is -0.645. The summed E-state index contributed by atoms with van der Waals surface area (Å²) < 4.78 is 29.5. The molecule has 2 aromatic rings. The van der Waals surface area contributed by atoms with E-state index in [9.17, 15) is 13.2 Å². The zero-order valence-electron chi connectivity index (χ0n) is 10.1. The van der Waals surface area contributed by atoms with Crippen LogP contribution >= 0.6 is 0 Å². The average molecular weight is 276 g/mol. The maximum atomic E-state index is 12.4. The van der Waals surface area contributed by atoms with Crippen molar-refractivity contribution in [3.05, 3.63) is 42.5 Å². The largest absolute Gasteiger partial charge is 0.465 e. The first kappa shape index (κ1) is 12.2. The van der Waals surface area contributed by atoms with Gasteiger partial charge < -0.3 is 4.74 Å². The number of sulfone groups is 1. The van der Waals surface area contributed by atoms with Gasteiger partial charge in [0.1, 0.15) is 0 Å². The molecular formula is C14H12O4S. The van der Waals surface area contributed by atoms with Crippen molar-refractivity contribution in [2.24, 2.45) is 0 Å². The molecule has 1 saturated heterocycles. The molecule has 1 heterocycles. The van der Waals surface area contributed by atoms with Crippen LogP contribution in [0.3, 0.4) is 0 Å². The Bertz CT molecular complexity index is 749. The summed E-state index contributed by atoms with van der Waals surface area (Å²) in [6, 6.07) is 12.4. The Kier molecular flexibility index (Phi) is 2.78. The summed E-state index contributed by atoms with van der Waals surface area (Å²) in [6.45, 7) is 0.177. The number of cyclic esters (lactones) is 1. The fourth-order valence-electron chi connectivity index (χ4n) is 2.27. The number of fused-ring (bicyclic) bond motifs is 1. The van der Waals surface area contributed by atoms with Crippen molar-refractivity contribution in [2.45, 2.75) is 16.6 Å². The lowest BCUT2D eigenvalue weighted by molar-refractivity contribution is -0.137. The number of rotatable bonds is 2. The van der Waals surface area contributed by atoms with Gasteiger partial charge in [-0.25, -0.2) is 8.42 Å². The summed E-state index contributed by atoms with van der Waals surface area (Å²) in [4.78, 5) is 11.6. The van der Waals surface area contributed by atoms with Crippen LogP contribution in [0.4, 0.5) is 0 Å². The lowest BCUT2D eigenvalue weighted by Crippen LogP contribution is -2.25. The van der Waals surface area contributed by atoms with E-state index >= 15 is 0 Å². The van der Waals surface area contributed by atoms with Gasteiger partial charge in [-0.2, -0.15) is 0 Å². The molecule has 0 amide bonds. The number of carbonyl (C=O) groups is 1. The summed E-state index contributed by atoms with van der Waals surface area (Å²) >= 11 is 0. The Balaban J connectivity index is 2.10. The minimum Gasteiger partial charge on any atom is -0.465 e. The quantitative estimate of drug-likeness (QED) is 0.786. The van der Waals surface area contributed by atoms with Crippen LogP contribution in [0.25, 0.3) is 10.8 Å². The van der Waals surface area contributed by atoms with E-state index in [1.807, 2.05) is 24.3 Å². The highest BCUT2D eigenvalue weighted by Gasteiger charge is 2.39. The first-order valence-electron chi connectivity index (χ1n) is 5.98. The minimum absolute atomic E-state index is 0.176. The average Bonchev–Trinajstić information content (AvgIpc) is 2.85. The molecule has 0 unspecified atom stereocenters. The molecule has 0 aromatic heterocycles. The fourth-order valence-corrected chi connectivity index (χ4v) is 3.87. The van der Waals surface area contributed by atoms with E-state index in [1.54, 1.807) is 18.2 Å². The van der Waals surface area contributed by atoms with Crippen LogP contribution in [0.2, 0.25) is 0 Å². The normalized spacial score (nSPS) is 19.6. The molecule has 4 nitrogen and oxygen atoms in total. The van der Waals surface area contributed by atoms with Crippen LogP contribution in [0.15, 0.2) is 47.4 Å². The third-order valence-electron chi connectivity index (χ3n) is 3.31. The molecule has 3 rings (SSSR count). The second-order valence-corrected chi connectivity index (χ2v) is 6.63. The highest BCUT2D eigenvalue weighted by atomic mass is 32.2. The molecule has 0 N–H and O–H groups in total. The SMILES string of the molecule is O=C1OCC[C@H]1S(=O)(=O)c1ccc2ccccc2c1. The van der Waals surface area contributed by atoms with Crippen LogP contribution in [-0.4, -0.2) is 26.2 Å². The molecular weight excluding hydrogens is 264 g/mol. The van der Waals surface area contributed by atoms with Crippen molar-refractivity contribution in [3.8, 4) is 0 Å². The Morgan fingerprint density at radius 2 is 1.79 bits per heavy atom. The molecule has 0 spiro atoms. The topological polar surface area (TPSA) is 60.4 Å². The Labute approximate surface area is 110 Å². The summed E-state index contributed by atoms with van der Waals surface area (Å²) in [5, 5.41) is 0.749. The third-order valence-corrected chi connectivity index (χ3v) is 5.40. The van der Waals surface area contributed by atoms with E-state index in [1.165, 1.54) is 0 Å². The number of carbonyl (C=O) groups excluding carboxylic acids is 1. The van der Waals surface area contributed by atoms with Gasteiger partial charge in [-0.1, -0.05) is 30.3 Å². The molecule has 1 aliphatic rings. The maximum Gasteiger partial charge on any atom is 0.324 e. The van der Waals surface area contributed by atoms with E-state index in [0.717, 1.165) is 10.8 Å². The zero-order valence-corrected chi connectivity index (χ0v) is 10.9. The summed E-state index contributed by atoms with van der Waals surface area (Å²) in [7, 11) is -3.65. The van der Waals surface area contributed by atoms with Crippen LogP contribution < -0.4 is 0 Å². The van der Waals surface area contributed by atoms with E-state index in [0.29, 0.717) is 0 Å². The molecule has 0 saturated carbocycles. The number of hydrogen-bond donors (Lipinski definition) is 0. The van der Waals surface area contributed by atoms with Gasteiger partial charge in [0.15, 0.2) is 15.1 Å². The van der Waals surface area contributed by atoms with E-state index in [2.05, 4.69) is 0 Å². The Morgan fingerprint density at radius 3 is 2.47 bits per heavy atom. The number of hydrogen-bond acceptors (Lipinski definition) is 4. The predicted octanol–water partition coefficient (Wildman–Crippen LogP) is 1.93. The highest BCUT2D eigenvalue weighted by Crippen LogP contribution is 2.26. The van der Waals surface area contributed by atoms with Crippen molar-refractivity contribution < 1.29 is 17.9 Å². The Hall–Kier alpha value is -1.88. The van der Waals surface area contributed by atoms with Crippen LogP contribution in [0.1, 0.15) is 6.42 Å². The third kappa shape index (κ3) is 2.00. The monoisotopic (exact) mass is 276 g/mol. The van der Waals surface area contributed by atoms with Gasteiger partial charge in [0.25, 0.3) is 0 Å². The molecule has 1 aliphatic heterocycles. The van der Waals surface area contributed by atoms with Crippen LogP contribution in [0, 0.1) is 0 Å². The molecule has 1 atom stereocenters. The molecule has 19 heavy (non-hydrogen) atoms. The van der Waals surface area contributed by atoms with E-state index in [-0.39, 0.29) is 17.9 Å². The van der Waals surface area contributed by atoms with Gasteiger partial charge in [0.2, 0.25) is 0 Å². The van der Waals surface area contributed by atoms with Crippen molar-refractivity contribution >= 4 is 26.6 Å². The van der Waals surface area contributed by atoms with Crippen molar-refractivity contribution in [1.82, 2.24) is 0 Å². The molecule has 5 heteroatoms. The molecule has 98 valence electrons. The van der Waals surface area contributed by atoms with Crippen LogP contribution in [0.5, 0.6) is 0 Å². The van der Waals surface area contributed by atoms with Gasteiger partial charge in [-0.15, -0.1) is 0 Å². The van der Waals surface area contributed by atoms with Crippen molar-refractivity contribution in [3.63, 3.8) is 0 Å². The summed E-state index contributed by atoms with van der Waals surface area (Å²) in [5.41, 5.74) is 0. The van der Waals surface area contributed by atoms with Crippen LogP contribution in [-0.2, 0) is 19.4 Å². The molecule has 1 fully saturated rings. The zero-order chi connectivity index (χ0) is 13.5. The number of esters is 1. The predicted molar refractivity (Wildman–Crippen MR) is 70.5 cm³/mol. The lowest BCUT2D eigenvalue weighted by Gasteiger charge is -2.09. The van der Waals surface area contributed by atoms with Crippen molar-refractivity contribution in [2.75, 3.05) is 6.61 Å². The van der Waals surface area contributed by atoms with E-state index in [4.69, 9.17) is 4.74 Å². The molecule has 0 radical (unpaired) electrons. The lowest BCUT2D eigenvalue weighted by atomic mass is 10.1. The van der Waals surface area contributed by atoms with Gasteiger partial charge >= 0.3 is 5.97 Å². The first-order valence-corrected chi connectivity index (χ1v) is 7.53. The molecule has 2 aromatic carbocycles. The Morgan fingerprint density at radius 1 is 1.05 bits per heavy atom. The van der Waals surface area contributed by atoms with Gasteiger partial charge in [0, 0.05) is 6.42 Å². The number of benzene rings is 2. The second-order valence-electron chi connectivity index (χ2n) is 4.50. The second kappa shape index (κ2) is 4.35. The minimum atomic E-state index is -3.65. The van der Waals surface area contributed by atoms with Crippen molar-refractivity contribution in [1.29, 1.82) is 0 Å². The van der Waals surface area contributed by atoms with E-state index < -0.39 is 21.1 Å². The first-order chi connectivity index (χ1) is 9.09. The standard InChI is InChI=1S/C14H12O4S/c15-14-13(7-8-18-14)19(16,17)12-6-5-10-3-1-2-4-11(10)9-12/h1-6,9,13H,7-8H2/t13-/m1/s1. The molecule has 0 bridgehead atoms. The maximum absolute atomic E-state index is 12.4.